The van der Waals surface area contributed by atoms with Gasteiger partial charge in [0.2, 0.25) is 5.82 Å². The van der Waals surface area contributed by atoms with Gasteiger partial charge in [0.05, 0.1) is 6.61 Å². The Morgan fingerprint density at radius 3 is 2.78 bits per heavy atom. The monoisotopic (exact) mass is 245 g/mol. The number of nitrogens with two attached hydrogens (primary N) is 1. The van der Waals surface area contributed by atoms with Crippen LogP contribution in [0.1, 0.15) is 23.1 Å². The van der Waals surface area contributed by atoms with Gasteiger partial charge in [-0.25, -0.2) is 9.78 Å². The Balaban J connectivity index is 2.25. The summed E-state index contributed by atoms with van der Waals surface area (Å²) in [5.74, 6) is 0.0947. The highest BCUT2D eigenvalue weighted by Gasteiger charge is 2.16. The van der Waals surface area contributed by atoms with Gasteiger partial charge in [0.15, 0.2) is 0 Å². The largest absolute Gasteiger partial charge is 0.460 e. The Morgan fingerprint density at radius 2 is 2.11 bits per heavy atom. The molecule has 0 amide bonds. The van der Waals surface area contributed by atoms with E-state index in [1.165, 1.54) is 0 Å². The van der Waals surface area contributed by atoms with Crippen LogP contribution in [0, 0.1) is 0 Å². The zero-order valence-electron chi connectivity index (χ0n) is 10.2. The third-order valence-corrected chi connectivity index (χ3v) is 2.45. The fourth-order valence-electron chi connectivity index (χ4n) is 1.70. The molecule has 0 saturated carbocycles. The molecule has 0 atom stereocenters. The molecular formula is C13H15N3O2. The van der Waals surface area contributed by atoms with Crippen LogP contribution in [0.15, 0.2) is 36.5 Å². The number of carbonyl (C=O) groups is 1. The first-order chi connectivity index (χ1) is 8.70. The van der Waals surface area contributed by atoms with Crippen molar-refractivity contribution < 1.29 is 9.53 Å². The van der Waals surface area contributed by atoms with E-state index in [1.807, 2.05) is 30.3 Å². The maximum Gasteiger partial charge on any atom is 0.374 e. The minimum atomic E-state index is -0.454. The van der Waals surface area contributed by atoms with E-state index in [0.29, 0.717) is 19.0 Å². The van der Waals surface area contributed by atoms with Crippen molar-refractivity contribution in [2.45, 2.75) is 13.5 Å². The summed E-state index contributed by atoms with van der Waals surface area (Å²) in [5, 5.41) is 0. The minimum absolute atomic E-state index is 0.234. The molecule has 18 heavy (non-hydrogen) atoms. The molecule has 0 saturated heterocycles. The summed E-state index contributed by atoms with van der Waals surface area (Å²) >= 11 is 0. The molecule has 0 aliphatic carbocycles. The molecule has 0 unspecified atom stereocenters. The number of anilines is 1. The van der Waals surface area contributed by atoms with Crippen LogP contribution in [-0.4, -0.2) is 22.1 Å². The predicted molar refractivity (Wildman–Crippen MR) is 68.1 cm³/mol. The predicted octanol–water partition coefficient (Wildman–Crippen LogP) is 1.69. The summed E-state index contributed by atoms with van der Waals surface area (Å²) in [7, 11) is 0. The van der Waals surface area contributed by atoms with Gasteiger partial charge < -0.3 is 15.0 Å². The van der Waals surface area contributed by atoms with Crippen LogP contribution in [0.2, 0.25) is 0 Å². The van der Waals surface area contributed by atoms with Crippen molar-refractivity contribution in [1.82, 2.24) is 9.55 Å². The van der Waals surface area contributed by atoms with Gasteiger partial charge in [-0.1, -0.05) is 30.3 Å². The standard InChI is InChI=1S/C13H15N3O2/c1-2-18-13(17)12-15-11(14)9-16(12)8-10-6-4-3-5-7-10/h3-7,9H,2,8,14H2,1H3. The zero-order valence-corrected chi connectivity index (χ0v) is 10.2. The van der Waals surface area contributed by atoms with Crippen LogP contribution in [0.5, 0.6) is 0 Å². The Labute approximate surface area is 105 Å². The van der Waals surface area contributed by atoms with E-state index in [2.05, 4.69) is 4.98 Å². The third kappa shape index (κ3) is 2.68. The highest BCUT2D eigenvalue weighted by Crippen LogP contribution is 2.10. The zero-order chi connectivity index (χ0) is 13.0. The quantitative estimate of drug-likeness (QED) is 0.832. The number of imidazole rings is 1. The fraction of sp³-hybridized carbons (Fsp3) is 0.231. The van der Waals surface area contributed by atoms with Crippen molar-refractivity contribution in [3.63, 3.8) is 0 Å². The van der Waals surface area contributed by atoms with E-state index in [1.54, 1.807) is 17.7 Å². The molecule has 2 rings (SSSR count). The molecule has 5 heteroatoms. The highest BCUT2D eigenvalue weighted by molar-refractivity contribution is 5.86. The number of esters is 1. The van der Waals surface area contributed by atoms with E-state index >= 15 is 0 Å². The van der Waals surface area contributed by atoms with Crippen molar-refractivity contribution in [3.8, 4) is 0 Å². The van der Waals surface area contributed by atoms with Crippen LogP contribution in [-0.2, 0) is 11.3 Å². The number of ether oxygens (including phenoxy) is 1. The molecule has 0 aliphatic rings. The summed E-state index contributed by atoms with van der Waals surface area (Å²) in [6, 6.07) is 9.79. The van der Waals surface area contributed by atoms with Gasteiger partial charge in [-0.2, -0.15) is 0 Å². The smallest absolute Gasteiger partial charge is 0.374 e. The van der Waals surface area contributed by atoms with Crippen LogP contribution >= 0.6 is 0 Å². The van der Waals surface area contributed by atoms with Crippen molar-refractivity contribution in [1.29, 1.82) is 0 Å². The molecule has 0 radical (unpaired) electrons. The summed E-state index contributed by atoms with van der Waals surface area (Å²) in [6.45, 7) is 2.61. The molecule has 0 aliphatic heterocycles. The second-order valence-electron chi connectivity index (χ2n) is 3.82. The number of aromatic nitrogens is 2. The van der Waals surface area contributed by atoms with Gasteiger partial charge in [0, 0.05) is 12.7 Å². The summed E-state index contributed by atoms with van der Waals surface area (Å²) in [6.07, 6.45) is 1.64. The fourth-order valence-corrected chi connectivity index (χ4v) is 1.70. The van der Waals surface area contributed by atoms with Crippen LogP contribution in [0.25, 0.3) is 0 Å². The molecule has 5 nitrogen and oxygen atoms in total. The van der Waals surface area contributed by atoms with Crippen LogP contribution in [0.4, 0.5) is 5.82 Å². The Hall–Kier alpha value is -2.30. The SMILES string of the molecule is CCOC(=O)c1nc(N)cn1Cc1ccccc1. The van der Waals surface area contributed by atoms with E-state index in [4.69, 9.17) is 10.5 Å². The van der Waals surface area contributed by atoms with Gasteiger partial charge >= 0.3 is 5.97 Å². The van der Waals surface area contributed by atoms with E-state index in [0.717, 1.165) is 5.56 Å². The molecule has 0 spiro atoms. The van der Waals surface area contributed by atoms with E-state index < -0.39 is 5.97 Å². The molecule has 0 fully saturated rings. The van der Waals surface area contributed by atoms with Gasteiger partial charge in [0.1, 0.15) is 5.82 Å². The van der Waals surface area contributed by atoms with Gasteiger partial charge in [-0.3, -0.25) is 0 Å². The topological polar surface area (TPSA) is 70.1 Å². The highest BCUT2D eigenvalue weighted by atomic mass is 16.5. The molecular weight excluding hydrogens is 230 g/mol. The molecule has 0 bridgehead atoms. The van der Waals surface area contributed by atoms with Crippen molar-refractivity contribution in [2.75, 3.05) is 12.3 Å². The van der Waals surface area contributed by atoms with Gasteiger partial charge in [0.25, 0.3) is 0 Å². The molecule has 94 valence electrons. The number of carbonyl (C=O) groups excluding carboxylic acids is 1. The number of rotatable bonds is 4. The molecule has 1 heterocycles. The lowest BCUT2D eigenvalue weighted by Gasteiger charge is -2.06. The Bertz CT molecular complexity index is 534. The average molecular weight is 245 g/mol. The number of nitrogen functional groups attached to an aromatic ring is 1. The third-order valence-electron chi connectivity index (χ3n) is 2.45. The lowest BCUT2D eigenvalue weighted by Crippen LogP contribution is -2.13. The summed E-state index contributed by atoms with van der Waals surface area (Å²) in [5.41, 5.74) is 6.70. The minimum Gasteiger partial charge on any atom is -0.460 e. The van der Waals surface area contributed by atoms with E-state index in [9.17, 15) is 4.79 Å². The normalized spacial score (nSPS) is 10.3. The summed E-state index contributed by atoms with van der Waals surface area (Å²) in [4.78, 5) is 15.7. The first-order valence-corrected chi connectivity index (χ1v) is 5.74. The molecule has 1 aromatic carbocycles. The summed E-state index contributed by atoms with van der Waals surface area (Å²) < 4.78 is 6.64. The Morgan fingerprint density at radius 1 is 1.39 bits per heavy atom. The Kier molecular flexibility index (Phi) is 3.62. The maximum absolute atomic E-state index is 11.7. The molecule has 2 N–H and O–H groups in total. The molecule has 1 aromatic heterocycles. The number of nitrogens with zero attached hydrogens (tertiary/aromatic N) is 2. The number of hydrogen-bond donors (Lipinski definition) is 1. The second-order valence-corrected chi connectivity index (χ2v) is 3.82. The first kappa shape index (κ1) is 12.2. The van der Waals surface area contributed by atoms with Crippen LogP contribution in [0.3, 0.4) is 0 Å². The first-order valence-electron chi connectivity index (χ1n) is 5.74. The lowest BCUT2D eigenvalue weighted by atomic mass is 10.2. The van der Waals surface area contributed by atoms with Crippen molar-refractivity contribution in [3.05, 3.63) is 47.9 Å². The van der Waals surface area contributed by atoms with Gasteiger partial charge in [-0.15, -0.1) is 0 Å². The lowest BCUT2D eigenvalue weighted by molar-refractivity contribution is 0.0507. The second kappa shape index (κ2) is 5.35. The molecule has 2 aromatic rings. The van der Waals surface area contributed by atoms with Crippen LogP contribution < -0.4 is 5.73 Å². The van der Waals surface area contributed by atoms with Gasteiger partial charge in [-0.05, 0) is 12.5 Å². The van der Waals surface area contributed by atoms with E-state index in [-0.39, 0.29) is 5.82 Å². The maximum atomic E-state index is 11.7. The van der Waals surface area contributed by atoms with Crippen molar-refractivity contribution in [2.24, 2.45) is 0 Å². The van der Waals surface area contributed by atoms with Crippen molar-refractivity contribution >= 4 is 11.8 Å². The average Bonchev–Trinajstić information content (AvgIpc) is 2.72. The number of benzene rings is 1. The number of hydrogen-bond acceptors (Lipinski definition) is 4.